The molecule has 4 aromatic heterocycles. The van der Waals surface area contributed by atoms with Gasteiger partial charge in [-0.05, 0) is 73.5 Å². The average molecular weight is 893 g/mol. The number of aryl methyl sites for hydroxylation is 2. The van der Waals surface area contributed by atoms with Crippen molar-refractivity contribution in [3.63, 3.8) is 0 Å². The SMILES string of the molecule is Cc1ccc(C2=C=CC(F)=C[C]2F)nc1.Cc1ccc(C2=C=CC(F)=C[C]2F)nc1.FC(F)(F)c1ccc(-c2ccc(C(F)(F)F)cn2)nc1.[Ir]. The van der Waals surface area contributed by atoms with Crippen LogP contribution >= 0.6 is 0 Å². The predicted molar refractivity (Wildman–Crippen MR) is 165 cm³/mol. The van der Waals surface area contributed by atoms with Crippen LogP contribution in [0.4, 0.5) is 43.9 Å². The van der Waals surface area contributed by atoms with Crippen molar-refractivity contribution in [2.75, 3.05) is 0 Å². The molecule has 6 rings (SSSR count). The molecule has 0 aliphatic heterocycles. The summed E-state index contributed by atoms with van der Waals surface area (Å²) < 4.78 is 126. The fourth-order valence-electron chi connectivity index (χ4n) is 3.94. The van der Waals surface area contributed by atoms with Crippen LogP contribution in [0.3, 0.4) is 0 Å². The van der Waals surface area contributed by atoms with Gasteiger partial charge in [-0.15, -0.1) is 11.5 Å². The fraction of sp³-hybridized carbons (Fsp3) is 0.111. The molecule has 0 saturated heterocycles. The third-order valence-corrected chi connectivity index (χ3v) is 6.49. The molecule has 0 N–H and O–H groups in total. The number of hydrogen-bond acceptors (Lipinski definition) is 4. The van der Waals surface area contributed by atoms with E-state index in [1.54, 1.807) is 24.5 Å². The first kappa shape index (κ1) is 40.5. The molecule has 15 heteroatoms. The Hall–Kier alpha value is -4.93. The number of hydrogen-bond donors (Lipinski definition) is 0. The molecular formula is C36H22F10IrN4. The number of allylic oxidation sites excluding steroid dienone is 6. The quantitative estimate of drug-likeness (QED) is 0.152. The number of aromatic nitrogens is 4. The number of halogens is 10. The Morgan fingerprint density at radius 2 is 0.804 bits per heavy atom. The second kappa shape index (κ2) is 17.3. The second-order valence-electron chi connectivity index (χ2n) is 10.4. The molecule has 0 bridgehead atoms. The molecule has 0 atom stereocenters. The standard InChI is InChI=1S/C12H6F6N2.2C12H8F2N.Ir/c13-11(14,15)7-1-3-9(19-5-7)10-4-2-8(6-20-10)12(16,17)18;2*1-8-2-5-12(15-7-8)10-4-3-9(13)6-11(10)14;/h1-6H;2*2-3,5-7H,1H3;. The van der Waals surface area contributed by atoms with Crippen LogP contribution in [0.15, 0.2) is 121 Å². The third kappa shape index (κ3) is 11.6. The minimum atomic E-state index is -4.51. The van der Waals surface area contributed by atoms with Crippen LogP contribution in [0.2, 0.25) is 0 Å². The van der Waals surface area contributed by atoms with Crippen LogP contribution in [0.1, 0.15) is 33.6 Å². The zero-order valence-electron chi connectivity index (χ0n) is 26.1. The normalized spacial score (nSPS) is 14.4. The maximum Gasteiger partial charge on any atom is 0.417 e. The van der Waals surface area contributed by atoms with Crippen molar-refractivity contribution in [1.29, 1.82) is 0 Å². The molecule has 51 heavy (non-hydrogen) atoms. The van der Waals surface area contributed by atoms with Crippen molar-refractivity contribution in [1.82, 2.24) is 19.9 Å². The van der Waals surface area contributed by atoms with E-state index in [1.165, 1.54) is 0 Å². The Balaban J connectivity index is 0.000000208. The molecule has 0 spiro atoms. The molecule has 0 saturated carbocycles. The molecule has 4 aromatic rings. The molecule has 4 nitrogen and oxygen atoms in total. The van der Waals surface area contributed by atoms with Crippen LogP contribution < -0.4 is 0 Å². The molecule has 2 aliphatic carbocycles. The van der Waals surface area contributed by atoms with E-state index in [2.05, 4.69) is 31.4 Å². The van der Waals surface area contributed by atoms with E-state index in [4.69, 9.17) is 0 Å². The second-order valence-corrected chi connectivity index (χ2v) is 10.4. The van der Waals surface area contributed by atoms with E-state index >= 15 is 0 Å². The topological polar surface area (TPSA) is 51.6 Å². The van der Waals surface area contributed by atoms with Crippen LogP contribution in [0, 0.1) is 26.2 Å². The minimum Gasteiger partial charge on any atom is -0.256 e. The van der Waals surface area contributed by atoms with Crippen molar-refractivity contribution >= 4 is 11.1 Å². The van der Waals surface area contributed by atoms with Gasteiger partial charge in [-0.3, -0.25) is 19.9 Å². The van der Waals surface area contributed by atoms with Gasteiger partial charge in [0.1, 0.15) is 11.7 Å². The van der Waals surface area contributed by atoms with Gasteiger partial charge in [0.25, 0.3) is 0 Å². The Morgan fingerprint density at radius 3 is 1.06 bits per heavy atom. The smallest absolute Gasteiger partial charge is 0.256 e. The summed E-state index contributed by atoms with van der Waals surface area (Å²) >= 11 is 0. The Labute approximate surface area is 298 Å². The van der Waals surface area contributed by atoms with Crippen molar-refractivity contribution in [2.24, 2.45) is 0 Å². The Bertz CT molecular complexity index is 1840. The third-order valence-electron chi connectivity index (χ3n) is 6.49. The molecule has 2 aliphatic rings. The van der Waals surface area contributed by atoms with E-state index < -0.39 is 47.5 Å². The number of nitrogens with zero attached hydrogens (tertiary/aromatic N) is 4. The van der Waals surface area contributed by atoms with E-state index in [-0.39, 0.29) is 42.6 Å². The first-order chi connectivity index (χ1) is 23.5. The summed E-state index contributed by atoms with van der Waals surface area (Å²) in [6.45, 7) is 3.78. The van der Waals surface area contributed by atoms with E-state index in [1.807, 2.05) is 26.0 Å². The van der Waals surface area contributed by atoms with Crippen molar-refractivity contribution < 1.29 is 64.0 Å². The van der Waals surface area contributed by atoms with Crippen molar-refractivity contribution in [2.45, 2.75) is 26.2 Å². The van der Waals surface area contributed by atoms with Gasteiger partial charge in [0.05, 0.1) is 45.0 Å². The number of pyridine rings is 4. The van der Waals surface area contributed by atoms with Gasteiger partial charge in [-0.25, -0.2) is 17.6 Å². The maximum atomic E-state index is 13.3. The minimum absolute atomic E-state index is 0. The van der Waals surface area contributed by atoms with Crippen LogP contribution in [-0.2, 0) is 32.5 Å². The maximum absolute atomic E-state index is 13.3. The molecule has 265 valence electrons. The van der Waals surface area contributed by atoms with Gasteiger partial charge in [-0.1, -0.05) is 12.1 Å². The largest absolute Gasteiger partial charge is 0.417 e. The summed E-state index contributed by atoms with van der Waals surface area (Å²) in [5.41, 5.74) is 6.58. The average Bonchev–Trinajstić information content (AvgIpc) is 3.06. The Morgan fingerprint density at radius 1 is 0.471 bits per heavy atom. The number of rotatable bonds is 3. The number of alkyl halides is 6. The van der Waals surface area contributed by atoms with E-state index in [0.717, 1.165) is 59.7 Å². The molecule has 0 fully saturated rings. The summed E-state index contributed by atoms with van der Waals surface area (Å²) in [5.74, 6) is -1.27. The van der Waals surface area contributed by atoms with Crippen LogP contribution in [0.5, 0.6) is 0 Å². The molecule has 0 amide bonds. The fourth-order valence-corrected chi connectivity index (χ4v) is 3.94. The first-order valence-corrected chi connectivity index (χ1v) is 14.2. The van der Waals surface area contributed by atoms with Crippen molar-refractivity contribution in [3.05, 3.63) is 167 Å². The predicted octanol–water partition coefficient (Wildman–Crippen LogP) is 10.8. The molecule has 4 heterocycles. The van der Waals surface area contributed by atoms with Gasteiger partial charge >= 0.3 is 12.4 Å². The summed E-state index contributed by atoms with van der Waals surface area (Å²) in [5, 5.41) is 0. The van der Waals surface area contributed by atoms with Gasteiger partial charge in [0, 0.05) is 57.0 Å². The van der Waals surface area contributed by atoms with Gasteiger partial charge < -0.3 is 0 Å². The molecule has 3 radical (unpaired) electrons. The monoisotopic (exact) mass is 893 g/mol. The molecular weight excluding hydrogens is 871 g/mol. The Kier molecular flexibility index (Phi) is 13.8. The zero-order valence-corrected chi connectivity index (χ0v) is 28.5. The van der Waals surface area contributed by atoms with Crippen LogP contribution in [-0.4, -0.2) is 19.9 Å². The van der Waals surface area contributed by atoms with Crippen LogP contribution in [0.25, 0.3) is 22.5 Å². The van der Waals surface area contributed by atoms with E-state index in [9.17, 15) is 43.9 Å². The molecule has 0 unspecified atom stereocenters. The van der Waals surface area contributed by atoms with Gasteiger partial charge in [0.15, 0.2) is 0 Å². The van der Waals surface area contributed by atoms with Gasteiger partial charge in [0.2, 0.25) is 12.3 Å². The summed E-state index contributed by atoms with van der Waals surface area (Å²) in [7, 11) is 0. The van der Waals surface area contributed by atoms with E-state index in [0.29, 0.717) is 23.8 Å². The summed E-state index contributed by atoms with van der Waals surface area (Å²) in [6, 6.07) is 10.7. The van der Waals surface area contributed by atoms with Crippen molar-refractivity contribution in [3.8, 4) is 11.4 Å². The summed E-state index contributed by atoms with van der Waals surface area (Å²) in [6.07, 6.45) is -2.00. The molecule has 0 aromatic carbocycles. The van der Waals surface area contributed by atoms with Gasteiger partial charge in [-0.2, -0.15) is 26.3 Å². The zero-order chi connectivity index (χ0) is 36.6. The summed E-state index contributed by atoms with van der Waals surface area (Å²) in [4.78, 5) is 15.2. The first-order valence-electron chi connectivity index (χ1n) is 14.2.